The number of nitrogens with zero attached hydrogens (tertiary/aromatic N) is 5. The molecule has 29 heavy (non-hydrogen) atoms. The Morgan fingerprint density at radius 1 is 1.14 bits per heavy atom. The fourth-order valence-corrected chi connectivity index (χ4v) is 4.26. The number of hydrogen-bond acceptors (Lipinski definition) is 5. The molecule has 0 spiro atoms. The second kappa shape index (κ2) is 8.74. The van der Waals surface area contributed by atoms with E-state index in [9.17, 15) is 0 Å². The number of hydrogen-bond donors (Lipinski definition) is 1. The Labute approximate surface area is 173 Å². The first-order chi connectivity index (χ1) is 14.1. The van der Waals surface area contributed by atoms with Crippen molar-refractivity contribution in [1.82, 2.24) is 24.6 Å². The van der Waals surface area contributed by atoms with Crippen LogP contribution in [-0.4, -0.2) is 44.3 Å². The normalized spacial score (nSPS) is 17.0. The van der Waals surface area contributed by atoms with Crippen molar-refractivity contribution in [2.24, 2.45) is 5.92 Å². The smallest absolute Gasteiger partial charge is 0.223 e. The molecule has 0 amide bonds. The highest BCUT2D eigenvalue weighted by Gasteiger charge is 2.22. The quantitative estimate of drug-likeness (QED) is 0.663. The van der Waals surface area contributed by atoms with Gasteiger partial charge in [-0.1, -0.05) is 30.3 Å². The molecule has 0 bridgehead atoms. The van der Waals surface area contributed by atoms with E-state index >= 15 is 0 Å². The van der Waals surface area contributed by atoms with Crippen molar-refractivity contribution >= 4 is 5.95 Å². The van der Waals surface area contributed by atoms with Crippen molar-refractivity contribution in [2.75, 3.05) is 25.0 Å². The Bertz CT molecular complexity index is 949. The van der Waals surface area contributed by atoms with E-state index in [1.54, 1.807) is 0 Å². The van der Waals surface area contributed by atoms with Gasteiger partial charge in [-0.05, 0) is 51.3 Å². The highest BCUT2D eigenvalue weighted by molar-refractivity contribution is 5.65. The highest BCUT2D eigenvalue weighted by atomic mass is 15.3. The van der Waals surface area contributed by atoms with Crippen LogP contribution in [0.25, 0.3) is 11.3 Å². The van der Waals surface area contributed by atoms with Gasteiger partial charge < -0.3 is 5.32 Å². The number of benzene rings is 1. The molecule has 1 atom stereocenters. The summed E-state index contributed by atoms with van der Waals surface area (Å²) >= 11 is 0. The fraction of sp³-hybridized carbons (Fsp3) is 0.435. The van der Waals surface area contributed by atoms with Crippen molar-refractivity contribution in [1.29, 1.82) is 0 Å². The standard InChI is InChI=1S/C23H30N6/c1-4-29-18(3)22(17(2)27-29)21-10-12-24-23(26-21)25-14-20-11-13-28(16-20)15-19-8-6-5-7-9-19/h5-10,12,20H,4,11,13-16H2,1-3H3,(H,24,25,26). The van der Waals surface area contributed by atoms with Gasteiger partial charge in [0, 0.05) is 43.6 Å². The fourth-order valence-electron chi connectivity index (χ4n) is 4.26. The molecule has 6 nitrogen and oxygen atoms in total. The molecule has 0 saturated carbocycles. The van der Waals surface area contributed by atoms with Crippen molar-refractivity contribution < 1.29 is 0 Å². The van der Waals surface area contributed by atoms with Crippen molar-refractivity contribution in [3.8, 4) is 11.3 Å². The summed E-state index contributed by atoms with van der Waals surface area (Å²) in [7, 11) is 0. The summed E-state index contributed by atoms with van der Waals surface area (Å²) in [5.41, 5.74) is 5.61. The lowest BCUT2D eigenvalue weighted by atomic mass is 10.1. The molecule has 0 aliphatic carbocycles. The maximum atomic E-state index is 4.77. The zero-order valence-corrected chi connectivity index (χ0v) is 17.6. The number of aromatic nitrogens is 4. The van der Waals surface area contributed by atoms with Gasteiger partial charge in [0.25, 0.3) is 0 Å². The number of aryl methyl sites for hydroxylation is 2. The van der Waals surface area contributed by atoms with Crippen LogP contribution in [0.2, 0.25) is 0 Å². The second-order valence-electron chi connectivity index (χ2n) is 7.88. The molecule has 152 valence electrons. The van der Waals surface area contributed by atoms with Crippen LogP contribution in [-0.2, 0) is 13.1 Å². The Morgan fingerprint density at radius 2 is 1.97 bits per heavy atom. The predicted octanol–water partition coefficient (Wildman–Crippen LogP) is 3.91. The number of likely N-dealkylation sites (tertiary alicyclic amines) is 1. The Morgan fingerprint density at radius 3 is 2.72 bits per heavy atom. The minimum Gasteiger partial charge on any atom is -0.354 e. The largest absolute Gasteiger partial charge is 0.354 e. The van der Waals surface area contributed by atoms with E-state index < -0.39 is 0 Å². The van der Waals surface area contributed by atoms with Gasteiger partial charge in [-0.25, -0.2) is 9.97 Å². The van der Waals surface area contributed by atoms with Crippen LogP contribution in [0.4, 0.5) is 5.95 Å². The molecule has 1 N–H and O–H groups in total. The van der Waals surface area contributed by atoms with E-state index in [1.807, 2.05) is 23.9 Å². The average Bonchev–Trinajstić information content (AvgIpc) is 3.30. The lowest BCUT2D eigenvalue weighted by molar-refractivity contribution is 0.319. The Balaban J connectivity index is 1.36. The molecule has 1 aromatic carbocycles. The van der Waals surface area contributed by atoms with Crippen molar-refractivity contribution in [3.05, 3.63) is 59.5 Å². The Kier molecular flexibility index (Phi) is 5.90. The van der Waals surface area contributed by atoms with Crippen LogP contribution in [0.15, 0.2) is 42.6 Å². The van der Waals surface area contributed by atoms with Gasteiger partial charge >= 0.3 is 0 Å². The lowest BCUT2D eigenvalue weighted by Crippen LogP contribution is -2.23. The topological polar surface area (TPSA) is 58.9 Å². The van der Waals surface area contributed by atoms with Crippen LogP contribution in [0, 0.1) is 19.8 Å². The Hall–Kier alpha value is -2.73. The van der Waals surface area contributed by atoms with Gasteiger partial charge in [-0.2, -0.15) is 5.10 Å². The molecule has 1 fully saturated rings. The molecule has 4 rings (SSSR count). The van der Waals surface area contributed by atoms with Crippen LogP contribution >= 0.6 is 0 Å². The van der Waals surface area contributed by atoms with Gasteiger partial charge in [0.1, 0.15) is 0 Å². The summed E-state index contributed by atoms with van der Waals surface area (Å²) in [6, 6.07) is 12.7. The van der Waals surface area contributed by atoms with Crippen LogP contribution in [0.3, 0.4) is 0 Å². The lowest BCUT2D eigenvalue weighted by Gasteiger charge is -2.16. The van der Waals surface area contributed by atoms with Gasteiger partial charge in [0.2, 0.25) is 5.95 Å². The van der Waals surface area contributed by atoms with E-state index in [0.717, 1.165) is 55.4 Å². The third-order valence-corrected chi connectivity index (χ3v) is 5.76. The molecule has 3 aromatic rings. The first kappa shape index (κ1) is 19.6. The molecule has 2 aromatic heterocycles. The average molecular weight is 391 g/mol. The van der Waals surface area contributed by atoms with Gasteiger partial charge in [-0.15, -0.1) is 0 Å². The summed E-state index contributed by atoms with van der Waals surface area (Å²) in [4.78, 5) is 11.7. The number of rotatable bonds is 7. The zero-order chi connectivity index (χ0) is 20.2. The van der Waals surface area contributed by atoms with Crippen LogP contribution in [0.5, 0.6) is 0 Å². The monoisotopic (exact) mass is 390 g/mol. The first-order valence-corrected chi connectivity index (χ1v) is 10.5. The van der Waals surface area contributed by atoms with E-state index in [1.165, 1.54) is 12.0 Å². The minimum atomic E-state index is 0.622. The third-order valence-electron chi connectivity index (χ3n) is 5.76. The minimum absolute atomic E-state index is 0.622. The third kappa shape index (κ3) is 4.48. The maximum absolute atomic E-state index is 4.77. The summed E-state index contributed by atoms with van der Waals surface area (Å²) in [6.45, 7) is 11.3. The van der Waals surface area contributed by atoms with E-state index in [0.29, 0.717) is 11.9 Å². The molecule has 1 aliphatic heterocycles. The second-order valence-corrected chi connectivity index (χ2v) is 7.88. The molecular formula is C23H30N6. The molecule has 0 radical (unpaired) electrons. The number of anilines is 1. The summed E-state index contributed by atoms with van der Waals surface area (Å²) < 4.78 is 2.03. The van der Waals surface area contributed by atoms with Gasteiger partial charge in [-0.3, -0.25) is 9.58 Å². The van der Waals surface area contributed by atoms with E-state index in [4.69, 9.17) is 4.98 Å². The molecule has 6 heteroatoms. The summed E-state index contributed by atoms with van der Waals surface area (Å²) in [6.07, 6.45) is 3.05. The zero-order valence-electron chi connectivity index (χ0n) is 17.6. The molecule has 3 heterocycles. The van der Waals surface area contributed by atoms with Gasteiger partial charge in [0.15, 0.2) is 0 Å². The molecule has 1 unspecified atom stereocenters. The summed E-state index contributed by atoms with van der Waals surface area (Å²) in [5, 5.41) is 8.08. The van der Waals surface area contributed by atoms with E-state index in [2.05, 4.69) is 64.5 Å². The molecular weight excluding hydrogens is 360 g/mol. The van der Waals surface area contributed by atoms with E-state index in [-0.39, 0.29) is 0 Å². The number of nitrogens with one attached hydrogen (secondary N) is 1. The predicted molar refractivity (Wildman–Crippen MR) is 117 cm³/mol. The van der Waals surface area contributed by atoms with Crippen LogP contribution in [0.1, 0.15) is 30.3 Å². The molecule has 1 aliphatic rings. The van der Waals surface area contributed by atoms with Crippen LogP contribution < -0.4 is 5.32 Å². The van der Waals surface area contributed by atoms with Gasteiger partial charge in [0.05, 0.1) is 11.4 Å². The highest BCUT2D eigenvalue weighted by Crippen LogP contribution is 2.26. The first-order valence-electron chi connectivity index (χ1n) is 10.5. The van der Waals surface area contributed by atoms with Crippen molar-refractivity contribution in [3.63, 3.8) is 0 Å². The summed E-state index contributed by atoms with van der Waals surface area (Å²) in [5.74, 6) is 1.32. The maximum Gasteiger partial charge on any atom is 0.223 e. The van der Waals surface area contributed by atoms with Crippen molar-refractivity contribution in [2.45, 2.75) is 40.3 Å². The molecule has 1 saturated heterocycles. The SMILES string of the molecule is CCn1nc(C)c(-c2ccnc(NCC3CCN(Cc4ccccc4)C3)n2)c1C.